The molecule has 2 aromatic rings. The number of aromatic amines is 1. The van der Waals surface area contributed by atoms with E-state index in [1.165, 1.54) is 7.11 Å². The highest BCUT2D eigenvalue weighted by molar-refractivity contribution is 6.01. The highest BCUT2D eigenvalue weighted by atomic mass is 16.6. The molecule has 1 aromatic heterocycles. The molecule has 3 rings (SSSR count). The second-order valence-corrected chi connectivity index (χ2v) is 6.91. The first-order chi connectivity index (χ1) is 14.4. The number of carbonyl (C=O) groups excluding carboxylic acids is 1. The topological polar surface area (TPSA) is 129 Å². The standard InChI is InChI=1S/C20H26N4O6/c1-3-23(10-13-12-29-15-6-4-5-7-16(15)30-13)11-14(25)17-18(21)24(8-9-28-2)20(27)22-19(17)26/h4-7,13H,3,8-12,21H2,1-2H3,(H,22,26,27). The maximum Gasteiger partial charge on any atom is 0.330 e. The normalized spacial score (nSPS) is 15.4. The van der Waals surface area contributed by atoms with Gasteiger partial charge in [-0.25, -0.2) is 4.79 Å². The Morgan fingerprint density at radius 1 is 1.33 bits per heavy atom. The van der Waals surface area contributed by atoms with Crippen molar-refractivity contribution in [2.75, 3.05) is 45.7 Å². The van der Waals surface area contributed by atoms with Crippen LogP contribution in [0.1, 0.15) is 17.3 Å². The molecule has 0 bridgehead atoms. The monoisotopic (exact) mass is 418 g/mol. The van der Waals surface area contributed by atoms with Crippen LogP contribution in [0.5, 0.6) is 11.5 Å². The Labute approximate surface area is 173 Å². The number of hydrogen-bond donors (Lipinski definition) is 2. The number of ketones is 1. The van der Waals surface area contributed by atoms with Crippen molar-refractivity contribution in [2.45, 2.75) is 19.6 Å². The number of nitrogen functional groups attached to an aromatic ring is 1. The van der Waals surface area contributed by atoms with E-state index >= 15 is 0 Å². The third-order valence-corrected chi connectivity index (χ3v) is 4.88. The van der Waals surface area contributed by atoms with E-state index in [9.17, 15) is 14.4 Å². The van der Waals surface area contributed by atoms with Crippen molar-refractivity contribution >= 4 is 11.6 Å². The van der Waals surface area contributed by atoms with E-state index in [0.29, 0.717) is 31.2 Å². The van der Waals surface area contributed by atoms with Gasteiger partial charge in [-0.1, -0.05) is 19.1 Å². The number of rotatable bonds is 9. The lowest BCUT2D eigenvalue weighted by molar-refractivity contribution is 0.0573. The van der Waals surface area contributed by atoms with Gasteiger partial charge < -0.3 is 19.9 Å². The lowest BCUT2D eigenvalue weighted by atomic mass is 10.1. The van der Waals surface area contributed by atoms with Gasteiger partial charge in [-0.15, -0.1) is 0 Å². The summed E-state index contributed by atoms with van der Waals surface area (Å²) < 4.78 is 17.7. The molecule has 0 saturated heterocycles. The van der Waals surface area contributed by atoms with Gasteiger partial charge >= 0.3 is 5.69 Å². The molecule has 0 radical (unpaired) electrons. The molecule has 1 aliphatic rings. The molecule has 0 saturated carbocycles. The Balaban J connectivity index is 1.73. The molecule has 10 nitrogen and oxygen atoms in total. The maximum absolute atomic E-state index is 12.9. The molecule has 1 aromatic carbocycles. The molecule has 3 N–H and O–H groups in total. The van der Waals surface area contributed by atoms with E-state index in [4.69, 9.17) is 19.9 Å². The van der Waals surface area contributed by atoms with Crippen LogP contribution < -0.4 is 26.5 Å². The van der Waals surface area contributed by atoms with Gasteiger partial charge in [-0.2, -0.15) is 0 Å². The molecule has 2 heterocycles. The van der Waals surface area contributed by atoms with Gasteiger partial charge in [0.1, 0.15) is 24.1 Å². The minimum absolute atomic E-state index is 0.0478. The second kappa shape index (κ2) is 9.59. The number of anilines is 1. The average Bonchev–Trinajstić information content (AvgIpc) is 2.72. The first-order valence-corrected chi connectivity index (χ1v) is 9.70. The molecule has 0 aliphatic carbocycles. The number of likely N-dealkylation sites (N-methyl/N-ethyl adjacent to an activating group) is 1. The molecule has 0 spiro atoms. The largest absolute Gasteiger partial charge is 0.486 e. The van der Waals surface area contributed by atoms with Crippen molar-refractivity contribution < 1.29 is 19.0 Å². The van der Waals surface area contributed by atoms with Gasteiger partial charge in [0, 0.05) is 13.7 Å². The number of ether oxygens (including phenoxy) is 3. The number of nitrogens with two attached hydrogens (primary N) is 1. The quantitative estimate of drug-likeness (QED) is 0.549. The van der Waals surface area contributed by atoms with E-state index in [1.54, 1.807) is 0 Å². The van der Waals surface area contributed by atoms with Crippen LogP contribution in [0.3, 0.4) is 0 Å². The van der Waals surface area contributed by atoms with Gasteiger partial charge in [0.15, 0.2) is 17.3 Å². The van der Waals surface area contributed by atoms with Crippen LogP contribution in [0, 0.1) is 0 Å². The van der Waals surface area contributed by atoms with Gasteiger partial charge in [0.05, 0.1) is 19.7 Å². The zero-order valence-electron chi connectivity index (χ0n) is 17.1. The van der Waals surface area contributed by atoms with Crippen molar-refractivity contribution in [3.8, 4) is 11.5 Å². The van der Waals surface area contributed by atoms with E-state index in [0.717, 1.165) is 4.57 Å². The molecule has 30 heavy (non-hydrogen) atoms. The Hall–Kier alpha value is -3.11. The van der Waals surface area contributed by atoms with Crippen molar-refractivity contribution in [2.24, 2.45) is 0 Å². The average molecular weight is 418 g/mol. The van der Waals surface area contributed by atoms with Crippen molar-refractivity contribution in [1.82, 2.24) is 14.5 Å². The third kappa shape index (κ3) is 4.71. The summed E-state index contributed by atoms with van der Waals surface area (Å²) in [6, 6.07) is 7.39. The van der Waals surface area contributed by atoms with Crippen molar-refractivity contribution in [3.05, 3.63) is 50.7 Å². The summed E-state index contributed by atoms with van der Waals surface area (Å²) in [6.07, 6.45) is -0.265. The number of fused-ring (bicyclic) bond motifs is 1. The molecule has 1 aliphatic heterocycles. The Bertz CT molecular complexity index is 1020. The smallest absolute Gasteiger partial charge is 0.330 e. The Morgan fingerprint density at radius 3 is 2.77 bits per heavy atom. The van der Waals surface area contributed by atoms with Crippen LogP contribution in [0.2, 0.25) is 0 Å². The predicted molar refractivity (Wildman–Crippen MR) is 110 cm³/mol. The molecule has 1 atom stereocenters. The molecular weight excluding hydrogens is 392 g/mol. The number of methoxy groups -OCH3 is 1. The van der Waals surface area contributed by atoms with E-state index in [-0.39, 0.29) is 37.2 Å². The third-order valence-electron chi connectivity index (χ3n) is 4.88. The zero-order chi connectivity index (χ0) is 21.7. The fourth-order valence-corrected chi connectivity index (χ4v) is 3.29. The summed E-state index contributed by atoms with van der Waals surface area (Å²) in [5.41, 5.74) is 4.29. The van der Waals surface area contributed by atoms with Gasteiger partial charge in [0.25, 0.3) is 5.56 Å². The number of H-pyrrole nitrogens is 1. The summed E-state index contributed by atoms with van der Waals surface area (Å²) in [4.78, 5) is 41.1. The summed E-state index contributed by atoms with van der Waals surface area (Å²) in [5.74, 6) is 0.708. The van der Waals surface area contributed by atoms with E-state index < -0.39 is 17.0 Å². The number of nitrogens with one attached hydrogen (secondary N) is 1. The number of para-hydroxylation sites is 2. The minimum Gasteiger partial charge on any atom is -0.486 e. The summed E-state index contributed by atoms with van der Waals surface area (Å²) in [7, 11) is 1.48. The van der Waals surface area contributed by atoms with E-state index in [1.807, 2.05) is 36.1 Å². The van der Waals surface area contributed by atoms with Crippen LogP contribution in [0.25, 0.3) is 0 Å². The number of hydrogen-bond acceptors (Lipinski definition) is 8. The molecule has 162 valence electrons. The first kappa shape index (κ1) is 21.6. The number of nitrogens with zero attached hydrogens (tertiary/aromatic N) is 2. The number of aromatic nitrogens is 2. The molecule has 10 heteroatoms. The molecule has 0 fully saturated rings. The summed E-state index contributed by atoms with van der Waals surface area (Å²) in [6.45, 7) is 3.53. The maximum atomic E-state index is 12.9. The highest BCUT2D eigenvalue weighted by Gasteiger charge is 2.26. The fraction of sp³-hybridized carbons (Fsp3) is 0.450. The van der Waals surface area contributed by atoms with Crippen LogP contribution in [-0.2, 0) is 11.3 Å². The van der Waals surface area contributed by atoms with Crippen LogP contribution in [0.15, 0.2) is 33.9 Å². The van der Waals surface area contributed by atoms with Crippen LogP contribution >= 0.6 is 0 Å². The number of Topliss-reactive ketones (excluding diaryl/α,β-unsaturated/α-hetero) is 1. The van der Waals surface area contributed by atoms with Crippen molar-refractivity contribution in [1.29, 1.82) is 0 Å². The van der Waals surface area contributed by atoms with Gasteiger partial charge in [0.2, 0.25) is 0 Å². The lowest BCUT2D eigenvalue weighted by Gasteiger charge is -2.30. The molecule has 0 amide bonds. The Morgan fingerprint density at radius 2 is 2.07 bits per heavy atom. The Kier molecular flexibility index (Phi) is 6.91. The van der Waals surface area contributed by atoms with Gasteiger partial charge in [-0.3, -0.25) is 24.0 Å². The SMILES string of the molecule is CCN(CC(=O)c1c(N)n(CCOC)c(=O)[nH]c1=O)CC1COc2ccccc2O1. The highest BCUT2D eigenvalue weighted by Crippen LogP contribution is 2.31. The van der Waals surface area contributed by atoms with Crippen LogP contribution in [0.4, 0.5) is 5.82 Å². The number of benzene rings is 1. The van der Waals surface area contributed by atoms with E-state index in [2.05, 4.69) is 4.98 Å². The van der Waals surface area contributed by atoms with Crippen molar-refractivity contribution in [3.63, 3.8) is 0 Å². The minimum atomic E-state index is -0.793. The van der Waals surface area contributed by atoms with Gasteiger partial charge in [-0.05, 0) is 18.7 Å². The molecule has 1 unspecified atom stereocenters. The molecular formula is C20H26N4O6. The number of carbonyl (C=O) groups is 1. The predicted octanol–water partition coefficient (Wildman–Crippen LogP) is 0.110. The first-order valence-electron chi connectivity index (χ1n) is 9.70. The summed E-state index contributed by atoms with van der Waals surface area (Å²) >= 11 is 0. The zero-order valence-corrected chi connectivity index (χ0v) is 17.1. The van der Waals surface area contributed by atoms with Crippen LogP contribution in [-0.4, -0.2) is 66.3 Å². The fourth-order valence-electron chi connectivity index (χ4n) is 3.29. The second-order valence-electron chi connectivity index (χ2n) is 6.91. The lowest BCUT2D eigenvalue weighted by Crippen LogP contribution is -2.44. The summed E-state index contributed by atoms with van der Waals surface area (Å²) in [5, 5.41) is 0.